The molecule has 0 aromatic carbocycles. The zero-order valence-corrected chi connectivity index (χ0v) is 17.3. The summed E-state index contributed by atoms with van der Waals surface area (Å²) in [5, 5.41) is 0. The minimum atomic E-state index is -1.97. The van der Waals surface area contributed by atoms with E-state index < -0.39 is 25.2 Å². The van der Waals surface area contributed by atoms with Gasteiger partial charge in [-0.05, 0) is 51.9 Å². The van der Waals surface area contributed by atoms with Crippen LogP contribution in [-0.4, -0.2) is 25.2 Å². The van der Waals surface area contributed by atoms with E-state index in [1.807, 2.05) is 0 Å². The van der Waals surface area contributed by atoms with E-state index in [-0.39, 0.29) is 0 Å². The molecular formula is C14H35O2Si3. The number of hydrogen-bond donors (Lipinski definition) is 0. The van der Waals surface area contributed by atoms with Gasteiger partial charge in [-0.15, -0.1) is 0 Å². The van der Waals surface area contributed by atoms with Crippen molar-refractivity contribution in [1.29, 1.82) is 0 Å². The zero-order chi connectivity index (χ0) is 15.2. The van der Waals surface area contributed by atoms with Crippen LogP contribution in [0.15, 0.2) is 0 Å². The van der Waals surface area contributed by atoms with E-state index in [1.165, 1.54) is 25.7 Å². The molecule has 0 saturated carbocycles. The highest BCUT2D eigenvalue weighted by Gasteiger charge is 2.39. The van der Waals surface area contributed by atoms with Gasteiger partial charge in [0.25, 0.3) is 0 Å². The van der Waals surface area contributed by atoms with Crippen molar-refractivity contribution in [2.24, 2.45) is 0 Å². The third-order valence-electron chi connectivity index (χ3n) is 2.68. The lowest BCUT2D eigenvalue weighted by molar-refractivity contribution is 0.380. The van der Waals surface area contributed by atoms with Crippen molar-refractivity contribution in [3.8, 4) is 0 Å². The van der Waals surface area contributed by atoms with Crippen molar-refractivity contribution in [2.45, 2.75) is 84.0 Å². The molecule has 0 fully saturated rings. The van der Waals surface area contributed by atoms with Crippen molar-refractivity contribution in [3.05, 3.63) is 6.92 Å². The minimum absolute atomic E-state index is 1.06. The predicted molar refractivity (Wildman–Crippen MR) is 93.7 cm³/mol. The number of unbranched alkanes of at least 4 members (excludes halogenated alkanes) is 4. The summed E-state index contributed by atoms with van der Waals surface area (Å²) in [6.45, 7) is 19.8. The molecule has 0 spiro atoms. The largest absolute Gasteiger partial charge is 0.437 e. The quantitative estimate of drug-likeness (QED) is 0.388. The first kappa shape index (κ1) is 19.6. The second-order valence-corrected chi connectivity index (χ2v) is 20.4. The maximum atomic E-state index is 6.49. The molecule has 0 amide bonds. The van der Waals surface area contributed by atoms with Crippen LogP contribution in [0.3, 0.4) is 0 Å². The first-order valence-electron chi connectivity index (χ1n) is 7.67. The van der Waals surface area contributed by atoms with E-state index in [9.17, 15) is 0 Å². The molecule has 0 saturated heterocycles. The van der Waals surface area contributed by atoms with Crippen LogP contribution in [0.25, 0.3) is 0 Å². The fourth-order valence-corrected chi connectivity index (χ4v) is 15.0. The second kappa shape index (κ2) is 8.12. The van der Waals surface area contributed by atoms with Crippen LogP contribution in [0, 0.1) is 6.92 Å². The van der Waals surface area contributed by atoms with Crippen LogP contribution >= 0.6 is 0 Å². The summed E-state index contributed by atoms with van der Waals surface area (Å²) in [4.78, 5) is 0. The Morgan fingerprint density at radius 2 is 1.11 bits per heavy atom. The molecule has 0 atom stereocenters. The van der Waals surface area contributed by atoms with Gasteiger partial charge in [0.2, 0.25) is 0 Å². The third-order valence-corrected chi connectivity index (χ3v) is 12.3. The standard InChI is InChI=1S/C14H35O2Si3/c1-9-10-11-12-13-14-19(8,15-17(2,3)4)16-18(5,6)7/h1,9-14H2,2-8H3. The van der Waals surface area contributed by atoms with Crippen molar-refractivity contribution in [3.63, 3.8) is 0 Å². The zero-order valence-electron chi connectivity index (χ0n) is 14.3. The lowest BCUT2D eigenvalue weighted by atomic mass is 10.2. The molecule has 0 aliphatic carbocycles. The van der Waals surface area contributed by atoms with Crippen molar-refractivity contribution < 1.29 is 8.23 Å². The van der Waals surface area contributed by atoms with Gasteiger partial charge in [0.1, 0.15) is 0 Å². The van der Waals surface area contributed by atoms with Crippen molar-refractivity contribution >= 4 is 25.2 Å². The first-order valence-corrected chi connectivity index (χ1v) is 17.0. The van der Waals surface area contributed by atoms with Gasteiger partial charge >= 0.3 is 8.56 Å². The van der Waals surface area contributed by atoms with Gasteiger partial charge in [-0.25, -0.2) is 0 Å². The fourth-order valence-electron chi connectivity index (χ4n) is 2.39. The molecule has 1 radical (unpaired) electrons. The highest BCUT2D eigenvalue weighted by atomic mass is 28.5. The monoisotopic (exact) mass is 319 g/mol. The topological polar surface area (TPSA) is 18.5 Å². The van der Waals surface area contributed by atoms with Crippen LogP contribution in [0.4, 0.5) is 0 Å². The summed E-state index contributed by atoms with van der Waals surface area (Å²) in [5.41, 5.74) is 0. The Bertz CT molecular complexity index is 228. The van der Waals surface area contributed by atoms with E-state index in [0.29, 0.717) is 0 Å². The molecule has 0 aliphatic rings. The van der Waals surface area contributed by atoms with Gasteiger partial charge in [-0.2, -0.15) is 0 Å². The Morgan fingerprint density at radius 1 is 0.684 bits per heavy atom. The third kappa shape index (κ3) is 12.1. The van der Waals surface area contributed by atoms with E-state index in [1.54, 1.807) is 0 Å². The fraction of sp³-hybridized carbons (Fsp3) is 0.929. The Kier molecular flexibility index (Phi) is 8.36. The van der Waals surface area contributed by atoms with Gasteiger partial charge in [0.15, 0.2) is 16.6 Å². The van der Waals surface area contributed by atoms with E-state index >= 15 is 0 Å². The van der Waals surface area contributed by atoms with E-state index in [4.69, 9.17) is 8.23 Å². The summed E-state index contributed by atoms with van der Waals surface area (Å²) in [7, 11) is -5.01. The molecule has 0 bridgehead atoms. The molecule has 0 aromatic rings. The Hall–Kier alpha value is 0.571. The normalized spacial score (nSPS) is 13.9. The highest BCUT2D eigenvalue weighted by Crippen LogP contribution is 2.26. The molecule has 0 N–H and O–H groups in total. The molecule has 0 unspecified atom stereocenters. The smallest absolute Gasteiger partial charge is 0.314 e. The Morgan fingerprint density at radius 3 is 1.47 bits per heavy atom. The van der Waals surface area contributed by atoms with Crippen LogP contribution in [-0.2, 0) is 8.23 Å². The molecule has 2 nitrogen and oxygen atoms in total. The van der Waals surface area contributed by atoms with Crippen molar-refractivity contribution in [2.75, 3.05) is 0 Å². The van der Waals surface area contributed by atoms with Gasteiger partial charge in [-0.3, -0.25) is 0 Å². The number of rotatable bonds is 10. The van der Waals surface area contributed by atoms with E-state index in [2.05, 4.69) is 52.8 Å². The highest BCUT2D eigenvalue weighted by molar-refractivity contribution is 6.87. The Balaban J connectivity index is 4.41. The van der Waals surface area contributed by atoms with E-state index in [0.717, 1.165) is 12.5 Å². The summed E-state index contributed by atoms with van der Waals surface area (Å²) in [6.07, 6.45) is 6.15. The molecule has 5 heteroatoms. The lowest BCUT2D eigenvalue weighted by Gasteiger charge is -2.38. The van der Waals surface area contributed by atoms with Gasteiger partial charge < -0.3 is 8.23 Å². The first-order chi connectivity index (χ1) is 8.47. The Labute approximate surface area is 124 Å². The summed E-state index contributed by atoms with van der Waals surface area (Å²) >= 11 is 0. The molecular weight excluding hydrogens is 284 g/mol. The van der Waals surface area contributed by atoms with Crippen molar-refractivity contribution in [1.82, 2.24) is 0 Å². The second-order valence-electron chi connectivity index (χ2n) is 7.58. The maximum Gasteiger partial charge on any atom is 0.314 e. The maximum absolute atomic E-state index is 6.49. The SMILES string of the molecule is [CH2]CCCCCC[Si](C)(O[Si](C)(C)C)O[Si](C)(C)C. The number of hydrogen-bond acceptors (Lipinski definition) is 2. The van der Waals surface area contributed by atoms with Crippen LogP contribution in [0.5, 0.6) is 0 Å². The van der Waals surface area contributed by atoms with Crippen LogP contribution in [0.1, 0.15) is 32.1 Å². The minimum Gasteiger partial charge on any atom is -0.437 e. The molecule has 115 valence electrons. The molecule has 0 aromatic heterocycles. The van der Waals surface area contributed by atoms with Gasteiger partial charge in [-0.1, -0.05) is 39.0 Å². The van der Waals surface area contributed by atoms with Gasteiger partial charge in [0.05, 0.1) is 0 Å². The predicted octanol–water partition coefficient (Wildman–Crippen LogP) is 5.55. The molecule has 0 heterocycles. The summed E-state index contributed by atoms with van der Waals surface area (Å²) < 4.78 is 13.0. The molecule has 19 heavy (non-hydrogen) atoms. The van der Waals surface area contributed by atoms with Crippen LogP contribution in [0.2, 0.25) is 51.9 Å². The lowest BCUT2D eigenvalue weighted by Crippen LogP contribution is -2.52. The van der Waals surface area contributed by atoms with Gasteiger partial charge in [0, 0.05) is 0 Å². The summed E-state index contributed by atoms with van der Waals surface area (Å²) in [6, 6.07) is 1.15. The summed E-state index contributed by atoms with van der Waals surface area (Å²) in [5.74, 6) is 0. The average molecular weight is 320 g/mol. The molecule has 0 aliphatic heterocycles. The average Bonchev–Trinajstić information content (AvgIpc) is 2.10. The van der Waals surface area contributed by atoms with Crippen LogP contribution < -0.4 is 0 Å². The molecule has 0 rings (SSSR count).